The Hall–Kier alpha value is -0.510. The van der Waals surface area contributed by atoms with Gasteiger partial charge < -0.3 is 0 Å². The Morgan fingerprint density at radius 2 is 2.29 bits per heavy atom. The van der Waals surface area contributed by atoms with Crippen molar-refractivity contribution in [3.63, 3.8) is 0 Å². The van der Waals surface area contributed by atoms with Crippen molar-refractivity contribution in [3.8, 4) is 0 Å². The Morgan fingerprint density at radius 1 is 1.53 bits per heavy atom. The van der Waals surface area contributed by atoms with E-state index in [-0.39, 0.29) is 5.78 Å². The van der Waals surface area contributed by atoms with Crippen molar-refractivity contribution in [1.82, 2.24) is 4.90 Å². The molecule has 0 amide bonds. The first-order valence-corrected chi connectivity index (χ1v) is 7.27. The Balaban J connectivity index is 1.99. The van der Waals surface area contributed by atoms with Crippen molar-refractivity contribution in [2.24, 2.45) is 0 Å². The van der Waals surface area contributed by atoms with Gasteiger partial charge in [-0.3, -0.25) is 9.69 Å². The van der Waals surface area contributed by atoms with Gasteiger partial charge >= 0.3 is 0 Å². The molecule has 0 aliphatic carbocycles. The van der Waals surface area contributed by atoms with Crippen LogP contribution in [-0.2, 0) is 0 Å². The lowest BCUT2D eigenvalue weighted by Gasteiger charge is -2.22. The van der Waals surface area contributed by atoms with Crippen LogP contribution >= 0.6 is 23.4 Å². The number of benzene rings is 1. The van der Waals surface area contributed by atoms with Crippen LogP contribution in [0.5, 0.6) is 0 Å². The van der Waals surface area contributed by atoms with Crippen LogP contribution < -0.4 is 0 Å². The van der Waals surface area contributed by atoms with Crippen LogP contribution in [0.2, 0.25) is 5.02 Å². The Labute approximate surface area is 111 Å². The van der Waals surface area contributed by atoms with Crippen LogP contribution in [0.1, 0.15) is 16.8 Å². The molecule has 17 heavy (non-hydrogen) atoms. The first-order valence-electron chi connectivity index (χ1n) is 5.74. The molecule has 0 saturated carbocycles. The molecular formula is C13H16ClNOS. The van der Waals surface area contributed by atoms with Gasteiger partial charge in [-0.05, 0) is 31.4 Å². The summed E-state index contributed by atoms with van der Waals surface area (Å²) in [6.07, 6.45) is 1.18. The quantitative estimate of drug-likeness (QED) is 0.784. The molecule has 0 spiro atoms. The summed E-state index contributed by atoms with van der Waals surface area (Å²) >= 11 is 7.98. The molecule has 1 unspecified atom stereocenters. The molecule has 1 fully saturated rings. The molecule has 2 rings (SSSR count). The summed E-state index contributed by atoms with van der Waals surface area (Å²) in [5, 5.41) is 0.548. The summed E-state index contributed by atoms with van der Waals surface area (Å²) in [6.45, 7) is 0.453. The second-order valence-corrected chi connectivity index (χ2v) is 5.89. The number of likely N-dealkylation sites (N-methyl/N-ethyl adjacent to an activating group) is 1. The van der Waals surface area contributed by atoms with E-state index >= 15 is 0 Å². The molecule has 0 N–H and O–H groups in total. The number of hydrogen-bond acceptors (Lipinski definition) is 3. The van der Waals surface area contributed by atoms with E-state index < -0.39 is 0 Å². The zero-order valence-electron chi connectivity index (χ0n) is 9.86. The first-order chi connectivity index (χ1) is 8.18. The number of halogens is 1. The van der Waals surface area contributed by atoms with Gasteiger partial charge in [0.1, 0.15) is 0 Å². The van der Waals surface area contributed by atoms with Crippen LogP contribution in [0.15, 0.2) is 24.3 Å². The Kier molecular flexibility index (Phi) is 4.48. The van der Waals surface area contributed by atoms with E-state index in [0.717, 1.165) is 5.75 Å². The zero-order valence-corrected chi connectivity index (χ0v) is 11.4. The molecule has 4 heteroatoms. The van der Waals surface area contributed by atoms with Gasteiger partial charge in [0.25, 0.3) is 0 Å². The molecule has 2 nitrogen and oxygen atoms in total. The van der Waals surface area contributed by atoms with E-state index in [1.54, 1.807) is 12.1 Å². The van der Waals surface area contributed by atoms with Crippen molar-refractivity contribution < 1.29 is 4.79 Å². The largest absolute Gasteiger partial charge is 0.295 e. The highest BCUT2D eigenvalue weighted by Crippen LogP contribution is 2.22. The molecule has 1 saturated heterocycles. The average Bonchev–Trinajstić information content (AvgIpc) is 2.82. The van der Waals surface area contributed by atoms with Gasteiger partial charge in [-0.2, -0.15) is 11.8 Å². The Morgan fingerprint density at radius 3 is 2.94 bits per heavy atom. The number of carbonyl (C=O) groups excluding carboxylic acids is 1. The molecule has 1 aromatic carbocycles. The fourth-order valence-electron chi connectivity index (χ4n) is 2.00. The topological polar surface area (TPSA) is 20.3 Å². The molecule has 92 valence electrons. The number of nitrogens with zero attached hydrogens (tertiary/aromatic N) is 1. The minimum absolute atomic E-state index is 0.106. The van der Waals surface area contributed by atoms with Crippen molar-refractivity contribution in [2.75, 3.05) is 25.1 Å². The third kappa shape index (κ3) is 3.24. The summed E-state index contributed by atoms with van der Waals surface area (Å²) in [5.41, 5.74) is 0.631. The fraction of sp³-hybridized carbons (Fsp3) is 0.462. The van der Waals surface area contributed by atoms with E-state index in [0.29, 0.717) is 23.2 Å². The summed E-state index contributed by atoms with van der Waals surface area (Å²) in [6, 6.07) is 7.79. The third-order valence-electron chi connectivity index (χ3n) is 3.10. The molecule has 1 aliphatic heterocycles. The van der Waals surface area contributed by atoms with Gasteiger partial charge in [0.05, 0.1) is 11.6 Å². The minimum atomic E-state index is 0.106. The second kappa shape index (κ2) is 5.89. The van der Waals surface area contributed by atoms with Gasteiger partial charge in [0, 0.05) is 17.4 Å². The van der Waals surface area contributed by atoms with E-state index in [1.807, 2.05) is 30.9 Å². The maximum Gasteiger partial charge on any atom is 0.178 e. The molecule has 0 aromatic heterocycles. The normalized spacial score (nSPS) is 19.8. The van der Waals surface area contributed by atoms with E-state index in [2.05, 4.69) is 4.90 Å². The van der Waals surface area contributed by atoms with Crippen LogP contribution in [0.25, 0.3) is 0 Å². The van der Waals surface area contributed by atoms with Gasteiger partial charge in [-0.25, -0.2) is 0 Å². The molecule has 0 radical (unpaired) electrons. The maximum absolute atomic E-state index is 12.1. The molecule has 1 aliphatic rings. The van der Waals surface area contributed by atoms with E-state index in [4.69, 9.17) is 11.6 Å². The predicted octanol–water partition coefficient (Wildman–Crippen LogP) is 2.96. The Bertz CT molecular complexity index is 404. The van der Waals surface area contributed by atoms with Gasteiger partial charge in [0.15, 0.2) is 5.78 Å². The minimum Gasteiger partial charge on any atom is -0.295 e. The number of ketones is 1. The van der Waals surface area contributed by atoms with Gasteiger partial charge in [0.2, 0.25) is 0 Å². The maximum atomic E-state index is 12.1. The van der Waals surface area contributed by atoms with Gasteiger partial charge in [-0.1, -0.05) is 23.7 Å². The predicted molar refractivity (Wildman–Crippen MR) is 74.1 cm³/mol. The monoisotopic (exact) mass is 269 g/mol. The second-order valence-electron chi connectivity index (χ2n) is 4.34. The summed E-state index contributed by atoms with van der Waals surface area (Å²) < 4.78 is 0. The van der Waals surface area contributed by atoms with E-state index in [9.17, 15) is 4.79 Å². The zero-order chi connectivity index (χ0) is 12.3. The standard InChI is InChI=1S/C13H16ClNOS/c1-15(10-6-7-17-9-10)8-13(16)11-4-2-3-5-12(11)14/h2-5,10H,6-9H2,1H3. The number of thioether (sulfide) groups is 1. The van der Waals surface area contributed by atoms with Gasteiger partial charge in [-0.15, -0.1) is 0 Å². The molecule has 0 bridgehead atoms. The third-order valence-corrected chi connectivity index (χ3v) is 4.57. The molecule has 1 aromatic rings. The average molecular weight is 270 g/mol. The molecule has 1 atom stereocenters. The molecular weight excluding hydrogens is 254 g/mol. The number of carbonyl (C=O) groups is 1. The van der Waals surface area contributed by atoms with Crippen molar-refractivity contribution >= 4 is 29.1 Å². The SMILES string of the molecule is CN(CC(=O)c1ccccc1Cl)C1CCSC1. The smallest absolute Gasteiger partial charge is 0.178 e. The first kappa shape index (κ1) is 12.9. The lowest BCUT2D eigenvalue weighted by atomic mass is 10.1. The van der Waals surface area contributed by atoms with Crippen LogP contribution in [0.4, 0.5) is 0 Å². The number of hydrogen-bond donors (Lipinski definition) is 0. The van der Waals surface area contributed by atoms with Crippen LogP contribution in [0, 0.1) is 0 Å². The summed E-state index contributed by atoms with van der Waals surface area (Å²) in [7, 11) is 2.02. The van der Waals surface area contributed by atoms with Crippen molar-refractivity contribution in [1.29, 1.82) is 0 Å². The lowest BCUT2D eigenvalue weighted by molar-refractivity contribution is 0.0927. The number of rotatable bonds is 4. The molecule has 1 heterocycles. The van der Waals surface area contributed by atoms with Crippen molar-refractivity contribution in [3.05, 3.63) is 34.9 Å². The lowest BCUT2D eigenvalue weighted by Crippen LogP contribution is -2.35. The summed E-state index contributed by atoms with van der Waals surface area (Å²) in [4.78, 5) is 14.2. The highest BCUT2D eigenvalue weighted by atomic mass is 35.5. The fourth-order valence-corrected chi connectivity index (χ4v) is 3.54. The van der Waals surface area contributed by atoms with E-state index in [1.165, 1.54) is 12.2 Å². The summed E-state index contributed by atoms with van der Waals surface area (Å²) in [5.74, 6) is 2.44. The van der Waals surface area contributed by atoms with Crippen LogP contribution in [0.3, 0.4) is 0 Å². The number of Topliss-reactive ketones (excluding diaryl/α,β-unsaturated/α-hetero) is 1. The highest BCUT2D eigenvalue weighted by Gasteiger charge is 2.22. The highest BCUT2D eigenvalue weighted by molar-refractivity contribution is 7.99. The van der Waals surface area contributed by atoms with Crippen molar-refractivity contribution in [2.45, 2.75) is 12.5 Å². The van der Waals surface area contributed by atoms with Crippen LogP contribution in [-0.4, -0.2) is 41.8 Å².